The molecule has 1 aromatic carbocycles. The molecular formula is C12H17O8PS2. The van der Waals surface area contributed by atoms with Gasteiger partial charge in [0.05, 0.1) is 17.8 Å². The van der Waals surface area contributed by atoms with Crippen molar-refractivity contribution in [2.24, 2.45) is 0 Å². The number of ether oxygens (including phenoxy) is 1. The zero-order valence-electron chi connectivity index (χ0n) is 12.7. The number of carboxylic acid groups (broad SMARTS) is 1. The number of aliphatic carboxylic acids is 1. The van der Waals surface area contributed by atoms with Crippen molar-refractivity contribution < 1.29 is 36.7 Å². The van der Waals surface area contributed by atoms with E-state index in [-0.39, 0.29) is 0 Å². The number of rotatable bonds is 9. The van der Waals surface area contributed by atoms with Crippen molar-refractivity contribution in [3.8, 4) is 5.75 Å². The SMILES string of the molecule is COc1ccc(CS(=O)(=O)CC(=O)O)cc1SP(=O)(OC)OC. The lowest BCUT2D eigenvalue weighted by atomic mass is 10.2. The highest BCUT2D eigenvalue weighted by molar-refractivity contribution is 8.55. The Morgan fingerprint density at radius 3 is 2.35 bits per heavy atom. The predicted octanol–water partition coefficient (Wildman–Crippen LogP) is 2.19. The lowest BCUT2D eigenvalue weighted by Gasteiger charge is -2.15. The third-order valence-electron chi connectivity index (χ3n) is 2.62. The summed E-state index contributed by atoms with van der Waals surface area (Å²) in [5.41, 5.74) is 0.341. The summed E-state index contributed by atoms with van der Waals surface area (Å²) in [6.07, 6.45) is 0. The van der Waals surface area contributed by atoms with Gasteiger partial charge in [0.25, 0.3) is 0 Å². The van der Waals surface area contributed by atoms with Crippen LogP contribution < -0.4 is 4.74 Å². The maximum Gasteiger partial charge on any atom is 0.393 e. The van der Waals surface area contributed by atoms with Crippen molar-refractivity contribution in [3.63, 3.8) is 0 Å². The van der Waals surface area contributed by atoms with Gasteiger partial charge in [-0.15, -0.1) is 0 Å². The Morgan fingerprint density at radius 2 is 1.87 bits per heavy atom. The van der Waals surface area contributed by atoms with Gasteiger partial charge in [-0.1, -0.05) is 6.07 Å². The van der Waals surface area contributed by atoms with Gasteiger partial charge >= 0.3 is 12.8 Å². The summed E-state index contributed by atoms with van der Waals surface area (Å²) >= 11 is 0.771. The van der Waals surface area contributed by atoms with E-state index in [9.17, 15) is 17.8 Å². The highest BCUT2D eigenvalue weighted by atomic mass is 32.7. The van der Waals surface area contributed by atoms with E-state index in [0.717, 1.165) is 11.4 Å². The van der Waals surface area contributed by atoms with E-state index in [0.29, 0.717) is 16.2 Å². The molecule has 0 aliphatic rings. The number of carbonyl (C=O) groups is 1. The third kappa shape index (κ3) is 6.15. The van der Waals surface area contributed by atoms with Crippen molar-refractivity contribution >= 4 is 34.0 Å². The van der Waals surface area contributed by atoms with Crippen LogP contribution in [0.4, 0.5) is 0 Å². The van der Waals surface area contributed by atoms with Gasteiger partial charge in [0.15, 0.2) is 9.84 Å². The standard InChI is InChI=1S/C12H17O8PS2/c1-18-10-5-4-9(7-23(16,17)8-12(13)14)6-11(10)22-21(15,19-2)20-3/h4-6H,7-8H2,1-3H3,(H,13,14). The van der Waals surface area contributed by atoms with E-state index in [1.165, 1.54) is 39.5 Å². The van der Waals surface area contributed by atoms with Crippen LogP contribution in [0.3, 0.4) is 0 Å². The van der Waals surface area contributed by atoms with Crippen LogP contribution in [0.15, 0.2) is 23.1 Å². The second kappa shape index (κ2) is 8.16. The minimum absolute atomic E-state index is 0.341. The Kier molecular flexibility index (Phi) is 7.09. The second-order valence-electron chi connectivity index (χ2n) is 4.31. The average Bonchev–Trinajstić information content (AvgIpc) is 2.45. The number of hydrogen-bond acceptors (Lipinski definition) is 8. The number of methoxy groups -OCH3 is 1. The van der Waals surface area contributed by atoms with Crippen molar-refractivity contribution in [1.82, 2.24) is 0 Å². The van der Waals surface area contributed by atoms with Gasteiger partial charge in [0, 0.05) is 14.2 Å². The molecule has 0 heterocycles. The molecular weight excluding hydrogens is 367 g/mol. The molecule has 0 saturated heterocycles. The lowest BCUT2D eigenvalue weighted by Crippen LogP contribution is -2.17. The quantitative estimate of drug-likeness (QED) is 0.639. The van der Waals surface area contributed by atoms with Gasteiger partial charge < -0.3 is 18.9 Å². The summed E-state index contributed by atoms with van der Waals surface area (Å²) in [5, 5.41) is 8.61. The first-order chi connectivity index (χ1) is 10.6. The maximum absolute atomic E-state index is 12.2. The molecule has 0 aromatic heterocycles. The fourth-order valence-corrected chi connectivity index (χ4v) is 5.39. The molecule has 0 saturated carbocycles. The number of benzene rings is 1. The molecule has 0 aliphatic heterocycles. The Bertz CT molecular complexity index is 708. The second-order valence-corrected chi connectivity index (χ2v) is 10.5. The van der Waals surface area contributed by atoms with E-state index < -0.39 is 34.1 Å². The molecule has 23 heavy (non-hydrogen) atoms. The molecule has 0 atom stereocenters. The van der Waals surface area contributed by atoms with Crippen LogP contribution >= 0.6 is 18.2 Å². The monoisotopic (exact) mass is 384 g/mol. The zero-order chi connectivity index (χ0) is 17.7. The van der Waals surface area contributed by atoms with Gasteiger partial charge in [-0.3, -0.25) is 4.79 Å². The molecule has 1 rings (SSSR count). The Labute approximate surface area is 138 Å². The molecule has 0 amide bonds. The number of hydrogen-bond donors (Lipinski definition) is 1. The highest BCUT2D eigenvalue weighted by Crippen LogP contribution is 2.63. The molecule has 11 heteroatoms. The lowest BCUT2D eigenvalue weighted by molar-refractivity contribution is -0.134. The van der Waals surface area contributed by atoms with Crippen molar-refractivity contribution in [2.75, 3.05) is 27.1 Å². The summed E-state index contributed by atoms with van der Waals surface area (Å²) < 4.78 is 50.5. The van der Waals surface area contributed by atoms with Crippen LogP contribution in [0.5, 0.6) is 5.75 Å². The van der Waals surface area contributed by atoms with Gasteiger partial charge in [0.2, 0.25) is 0 Å². The molecule has 1 aromatic rings. The normalized spacial score (nSPS) is 12.1. The molecule has 0 unspecified atom stereocenters. The Morgan fingerprint density at radius 1 is 1.26 bits per heavy atom. The van der Waals surface area contributed by atoms with Crippen molar-refractivity contribution in [3.05, 3.63) is 23.8 Å². The predicted molar refractivity (Wildman–Crippen MR) is 85.6 cm³/mol. The van der Waals surface area contributed by atoms with E-state index >= 15 is 0 Å². The molecule has 1 N–H and O–H groups in total. The Balaban J connectivity index is 3.13. The van der Waals surface area contributed by atoms with Gasteiger partial charge in [-0.25, -0.2) is 13.0 Å². The third-order valence-corrected chi connectivity index (χ3v) is 7.86. The van der Waals surface area contributed by atoms with E-state index in [1.54, 1.807) is 0 Å². The maximum atomic E-state index is 12.2. The molecule has 8 nitrogen and oxygen atoms in total. The summed E-state index contributed by atoms with van der Waals surface area (Å²) in [7, 11) is 0.0555. The Hall–Kier alpha value is -1.06. The van der Waals surface area contributed by atoms with E-state index in [2.05, 4.69) is 0 Å². The number of carboxylic acids is 1. The first-order valence-electron chi connectivity index (χ1n) is 6.15. The summed E-state index contributed by atoms with van der Waals surface area (Å²) in [4.78, 5) is 10.9. The molecule has 0 spiro atoms. The van der Waals surface area contributed by atoms with Crippen molar-refractivity contribution in [2.45, 2.75) is 10.6 Å². The van der Waals surface area contributed by atoms with Crippen LogP contribution in [0, 0.1) is 0 Å². The minimum atomic E-state index is -3.81. The smallest absolute Gasteiger partial charge is 0.393 e. The summed E-state index contributed by atoms with van der Waals surface area (Å²) in [6, 6.07) is 4.45. The van der Waals surface area contributed by atoms with Crippen LogP contribution in [0.25, 0.3) is 0 Å². The number of sulfone groups is 1. The molecule has 0 radical (unpaired) electrons. The first-order valence-corrected chi connectivity index (χ1v) is 10.9. The summed E-state index contributed by atoms with van der Waals surface area (Å²) in [6.45, 7) is -3.44. The first kappa shape index (κ1) is 20.0. The van der Waals surface area contributed by atoms with Gasteiger partial charge in [-0.2, -0.15) is 0 Å². The fourth-order valence-electron chi connectivity index (χ4n) is 1.64. The van der Waals surface area contributed by atoms with Gasteiger partial charge in [-0.05, 0) is 29.1 Å². The van der Waals surface area contributed by atoms with E-state index in [1.807, 2.05) is 0 Å². The molecule has 0 aliphatic carbocycles. The highest BCUT2D eigenvalue weighted by Gasteiger charge is 2.26. The largest absolute Gasteiger partial charge is 0.496 e. The fraction of sp³-hybridized carbons (Fsp3) is 0.417. The van der Waals surface area contributed by atoms with Crippen LogP contribution in [0.2, 0.25) is 0 Å². The average molecular weight is 384 g/mol. The zero-order valence-corrected chi connectivity index (χ0v) is 15.2. The van der Waals surface area contributed by atoms with Gasteiger partial charge in [0.1, 0.15) is 11.5 Å². The minimum Gasteiger partial charge on any atom is -0.496 e. The summed E-state index contributed by atoms with van der Waals surface area (Å²) in [5.74, 6) is -2.47. The van der Waals surface area contributed by atoms with Crippen LogP contribution in [-0.2, 0) is 34.0 Å². The molecule has 0 fully saturated rings. The van der Waals surface area contributed by atoms with Crippen molar-refractivity contribution in [1.29, 1.82) is 0 Å². The molecule has 130 valence electrons. The van der Waals surface area contributed by atoms with E-state index in [4.69, 9.17) is 18.9 Å². The molecule has 0 bridgehead atoms. The van der Waals surface area contributed by atoms with Crippen LogP contribution in [0.1, 0.15) is 5.56 Å². The topological polar surface area (TPSA) is 116 Å². The van der Waals surface area contributed by atoms with Crippen LogP contribution in [-0.4, -0.2) is 46.6 Å².